The van der Waals surface area contributed by atoms with E-state index >= 15 is 0 Å². The summed E-state index contributed by atoms with van der Waals surface area (Å²) in [6.07, 6.45) is 4.38. The van der Waals surface area contributed by atoms with E-state index in [4.69, 9.17) is 4.42 Å². The fourth-order valence-electron chi connectivity index (χ4n) is 1.41. The molecule has 0 saturated heterocycles. The van der Waals surface area contributed by atoms with Crippen LogP contribution in [0.2, 0.25) is 0 Å². The molecule has 1 unspecified atom stereocenters. The molecule has 0 aliphatic carbocycles. The quantitative estimate of drug-likeness (QED) is 0.837. The number of rotatable bonds is 4. The third-order valence-electron chi connectivity index (χ3n) is 2.07. The Morgan fingerprint density at radius 3 is 2.93 bits per heavy atom. The predicted molar refractivity (Wildman–Crippen MR) is 56.4 cm³/mol. The van der Waals surface area contributed by atoms with Gasteiger partial charge in [-0.3, -0.25) is 0 Å². The molecule has 2 nitrogen and oxygen atoms in total. The minimum Gasteiger partial charge on any atom is -0.472 e. The van der Waals surface area contributed by atoms with Crippen molar-refractivity contribution in [2.24, 2.45) is 0 Å². The molecule has 0 radical (unpaired) electrons. The summed E-state index contributed by atoms with van der Waals surface area (Å²) in [5.74, 6) is 0. The second-order valence-electron chi connectivity index (χ2n) is 3.27. The average Bonchev–Trinajstić information content (AvgIpc) is 2.76. The SMILES string of the molecule is OC(Cc1ccoc1)Cc1cccs1. The molecule has 0 spiro atoms. The van der Waals surface area contributed by atoms with Crippen LogP contribution in [0.5, 0.6) is 0 Å². The van der Waals surface area contributed by atoms with Gasteiger partial charge in [0.25, 0.3) is 0 Å². The largest absolute Gasteiger partial charge is 0.472 e. The predicted octanol–water partition coefficient (Wildman–Crippen LogP) is 2.49. The average molecular weight is 208 g/mol. The van der Waals surface area contributed by atoms with E-state index in [1.165, 1.54) is 4.88 Å². The third kappa shape index (κ3) is 2.47. The van der Waals surface area contributed by atoms with Gasteiger partial charge in [-0.2, -0.15) is 0 Å². The number of hydrogen-bond acceptors (Lipinski definition) is 3. The Hall–Kier alpha value is -1.06. The molecule has 0 aliphatic heterocycles. The van der Waals surface area contributed by atoms with E-state index in [-0.39, 0.29) is 6.10 Å². The fraction of sp³-hybridized carbons (Fsp3) is 0.273. The minimum atomic E-state index is -0.314. The van der Waals surface area contributed by atoms with Gasteiger partial charge in [0.2, 0.25) is 0 Å². The highest BCUT2D eigenvalue weighted by molar-refractivity contribution is 7.09. The van der Waals surface area contributed by atoms with Gasteiger partial charge < -0.3 is 9.52 Å². The topological polar surface area (TPSA) is 33.4 Å². The highest BCUT2D eigenvalue weighted by atomic mass is 32.1. The van der Waals surface area contributed by atoms with Crippen LogP contribution in [0.25, 0.3) is 0 Å². The molecular formula is C11H12O2S. The molecule has 74 valence electrons. The second-order valence-corrected chi connectivity index (χ2v) is 4.31. The van der Waals surface area contributed by atoms with Gasteiger partial charge in [-0.25, -0.2) is 0 Å². The summed E-state index contributed by atoms with van der Waals surface area (Å²) in [5.41, 5.74) is 1.05. The van der Waals surface area contributed by atoms with Gasteiger partial charge in [-0.15, -0.1) is 11.3 Å². The number of aliphatic hydroxyl groups is 1. The molecule has 0 fully saturated rings. The Morgan fingerprint density at radius 2 is 2.29 bits per heavy atom. The van der Waals surface area contributed by atoms with Crippen LogP contribution < -0.4 is 0 Å². The normalized spacial score (nSPS) is 12.9. The van der Waals surface area contributed by atoms with Gasteiger partial charge in [0.05, 0.1) is 18.6 Å². The Bertz CT molecular complexity index is 314. The molecular weight excluding hydrogens is 196 g/mol. The van der Waals surface area contributed by atoms with Crippen molar-refractivity contribution in [2.45, 2.75) is 18.9 Å². The summed E-state index contributed by atoms with van der Waals surface area (Å²) < 4.78 is 4.94. The molecule has 0 aliphatic rings. The fourth-order valence-corrected chi connectivity index (χ4v) is 2.19. The third-order valence-corrected chi connectivity index (χ3v) is 2.97. The maximum Gasteiger partial charge on any atom is 0.0935 e. The maximum absolute atomic E-state index is 9.76. The van der Waals surface area contributed by atoms with E-state index in [1.807, 2.05) is 23.6 Å². The monoisotopic (exact) mass is 208 g/mol. The van der Waals surface area contributed by atoms with Crippen LogP contribution in [0, 0.1) is 0 Å². The lowest BCUT2D eigenvalue weighted by Gasteiger charge is -2.06. The van der Waals surface area contributed by atoms with E-state index in [9.17, 15) is 5.11 Å². The number of aliphatic hydroxyl groups excluding tert-OH is 1. The minimum absolute atomic E-state index is 0.314. The van der Waals surface area contributed by atoms with Crippen molar-refractivity contribution in [2.75, 3.05) is 0 Å². The zero-order valence-corrected chi connectivity index (χ0v) is 8.54. The van der Waals surface area contributed by atoms with Crippen molar-refractivity contribution < 1.29 is 9.52 Å². The van der Waals surface area contributed by atoms with Crippen molar-refractivity contribution in [1.29, 1.82) is 0 Å². The number of hydrogen-bond donors (Lipinski definition) is 1. The summed E-state index contributed by atoms with van der Waals surface area (Å²) in [6.45, 7) is 0. The highest BCUT2D eigenvalue weighted by Gasteiger charge is 2.07. The highest BCUT2D eigenvalue weighted by Crippen LogP contribution is 2.13. The molecule has 1 N–H and O–H groups in total. The Labute approximate surface area is 86.8 Å². The van der Waals surface area contributed by atoms with Gasteiger partial charge in [-0.05, 0) is 23.1 Å². The molecule has 2 heterocycles. The molecule has 2 rings (SSSR count). The van der Waals surface area contributed by atoms with Gasteiger partial charge >= 0.3 is 0 Å². The first-order valence-electron chi connectivity index (χ1n) is 4.56. The Kier molecular flexibility index (Phi) is 3.01. The molecule has 3 heteroatoms. The van der Waals surface area contributed by atoms with Gasteiger partial charge in [-0.1, -0.05) is 6.07 Å². The first-order valence-corrected chi connectivity index (χ1v) is 5.44. The lowest BCUT2D eigenvalue weighted by molar-refractivity contribution is 0.176. The van der Waals surface area contributed by atoms with Crippen LogP contribution in [0.4, 0.5) is 0 Å². The van der Waals surface area contributed by atoms with E-state index in [0.29, 0.717) is 6.42 Å². The molecule has 0 amide bonds. The number of thiophene rings is 1. The van der Waals surface area contributed by atoms with Gasteiger partial charge in [0.1, 0.15) is 0 Å². The van der Waals surface area contributed by atoms with Crippen molar-refractivity contribution in [3.63, 3.8) is 0 Å². The van der Waals surface area contributed by atoms with Gasteiger partial charge in [0.15, 0.2) is 0 Å². The van der Waals surface area contributed by atoms with E-state index in [0.717, 1.165) is 12.0 Å². The molecule has 2 aromatic rings. The zero-order valence-electron chi connectivity index (χ0n) is 7.72. The summed E-state index contributed by atoms with van der Waals surface area (Å²) in [4.78, 5) is 1.22. The van der Waals surface area contributed by atoms with Crippen LogP contribution >= 0.6 is 11.3 Å². The second kappa shape index (κ2) is 4.44. The van der Waals surface area contributed by atoms with Crippen LogP contribution in [0.3, 0.4) is 0 Å². The van der Waals surface area contributed by atoms with Crippen molar-refractivity contribution in [1.82, 2.24) is 0 Å². The number of furan rings is 1. The van der Waals surface area contributed by atoms with Crippen molar-refractivity contribution in [3.05, 3.63) is 46.5 Å². The van der Waals surface area contributed by atoms with Crippen LogP contribution in [-0.2, 0) is 12.8 Å². The smallest absolute Gasteiger partial charge is 0.0935 e. The van der Waals surface area contributed by atoms with Crippen LogP contribution in [0.15, 0.2) is 40.5 Å². The molecule has 2 aromatic heterocycles. The summed E-state index contributed by atoms with van der Waals surface area (Å²) >= 11 is 1.68. The molecule has 1 atom stereocenters. The first-order chi connectivity index (χ1) is 6.84. The molecule has 0 aromatic carbocycles. The van der Waals surface area contributed by atoms with E-state index < -0.39 is 0 Å². The summed E-state index contributed by atoms with van der Waals surface area (Å²) in [6, 6.07) is 5.94. The lowest BCUT2D eigenvalue weighted by Crippen LogP contribution is -2.12. The van der Waals surface area contributed by atoms with E-state index in [2.05, 4.69) is 0 Å². The summed E-state index contributed by atoms with van der Waals surface area (Å²) in [7, 11) is 0. The standard InChI is InChI=1S/C11H12O2S/c12-10(6-9-3-4-13-8-9)7-11-2-1-5-14-11/h1-5,8,10,12H,6-7H2. The maximum atomic E-state index is 9.76. The van der Waals surface area contributed by atoms with E-state index in [1.54, 1.807) is 23.9 Å². The summed E-state index contributed by atoms with van der Waals surface area (Å²) in [5, 5.41) is 11.8. The van der Waals surface area contributed by atoms with Crippen molar-refractivity contribution in [3.8, 4) is 0 Å². The Morgan fingerprint density at radius 1 is 1.36 bits per heavy atom. The molecule has 0 saturated carbocycles. The van der Waals surface area contributed by atoms with Gasteiger partial charge in [0, 0.05) is 17.7 Å². The van der Waals surface area contributed by atoms with Crippen molar-refractivity contribution >= 4 is 11.3 Å². The van der Waals surface area contributed by atoms with Crippen LogP contribution in [-0.4, -0.2) is 11.2 Å². The van der Waals surface area contributed by atoms with Crippen LogP contribution in [0.1, 0.15) is 10.4 Å². The first kappa shape index (κ1) is 9.49. The Balaban J connectivity index is 1.88. The molecule has 0 bridgehead atoms. The lowest BCUT2D eigenvalue weighted by atomic mass is 10.1. The molecule has 14 heavy (non-hydrogen) atoms. The zero-order chi connectivity index (χ0) is 9.80.